The maximum atomic E-state index is 13.4. The van der Waals surface area contributed by atoms with E-state index in [1.54, 1.807) is 18.2 Å². The molecule has 3 aromatic carbocycles. The summed E-state index contributed by atoms with van der Waals surface area (Å²) in [7, 11) is -3.46. The summed E-state index contributed by atoms with van der Waals surface area (Å²) >= 11 is 0. The van der Waals surface area contributed by atoms with Gasteiger partial charge in [0.1, 0.15) is 0 Å². The average Bonchev–Trinajstić information content (AvgIpc) is 3.25. The molecule has 1 aliphatic rings. The maximum Gasteiger partial charge on any atom is 0.258 e. The molecule has 4 rings (SSSR count). The number of anilines is 3. The van der Waals surface area contributed by atoms with E-state index in [9.17, 15) is 13.2 Å². The number of amides is 1. The molecule has 0 fully saturated rings. The highest BCUT2D eigenvalue weighted by molar-refractivity contribution is 7.92. The average molecular weight is 565 g/mol. The molecule has 10 heteroatoms. The first-order valence-corrected chi connectivity index (χ1v) is 15.2. The molecule has 0 spiro atoms. The number of rotatable bonds is 13. The van der Waals surface area contributed by atoms with Crippen LogP contribution in [0.5, 0.6) is 11.5 Å². The lowest BCUT2D eigenvalue weighted by atomic mass is 9.99. The van der Waals surface area contributed by atoms with Crippen LogP contribution in [0.1, 0.15) is 31.9 Å². The summed E-state index contributed by atoms with van der Waals surface area (Å²) in [5.74, 6) is 0.882. The SMILES string of the molecule is CCNCCN(c1ccc(N/C(=C2\C(=O)Nc3cc(OCC)c(OCC)cc32)c2ccccc2)cc1)S(C)(=O)=O. The van der Waals surface area contributed by atoms with Crippen LogP contribution in [0.3, 0.4) is 0 Å². The fourth-order valence-corrected chi connectivity index (χ4v) is 5.47. The molecule has 1 heterocycles. The highest BCUT2D eigenvalue weighted by Gasteiger charge is 2.30. The predicted molar refractivity (Wildman–Crippen MR) is 161 cm³/mol. The van der Waals surface area contributed by atoms with Crippen LogP contribution in [0, 0.1) is 0 Å². The second-order valence-electron chi connectivity index (χ2n) is 9.14. The zero-order chi connectivity index (χ0) is 28.7. The summed E-state index contributed by atoms with van der Waals surface area (Å²) in [5, 5.41) is 9.55. The van der Waals surface area contributed by atoms with E-state index in [0.717, 1.165) is 12.1 Å². The van der Waals surface area contributed by atoms with Crippen LogP contribution in [-0.2, 0) is 14.8 Å². The predicted octanol–water partition coefficient (Wildman–Crippen LogP) is 4.79. The number of carbonyl (C=O) groups is 1. The molecule has 1 amide bonds. The molecule has 3 N–H and O–H groups in total. The van der Waals surface area contributed by atoms with E-state index in [2.05, 4.69) is 16.0 Å². The topological polar surface area (TPSA) is 109 Å². The first-order valence-electron chi connectivity index (χ1n) is 13.4. The van der Waals surface area contributed by atoms with Crippen LogP contribution in [-0.4, -0.2) is 53.4 Å². The van der Waals surface area contributed by atoms with Crippen molar-refractivity contribution in [3.8, 4) is 11.5 Å². The van der Waals surface area contributed by atoms with Crippen LogP contribution in [0.4, 0.5) is 17.1 Å². The number of hydrogen-bond donors (Lipinski definition) is 3. The van der Waals surface area contributed by atoms with Crippen molar-refractivity contribution in [1.29, 1.82) is 0 Å². The number of fused-ring (bicyclic) bond motifs is 1. The lowest BCUT2D eigenvalue weighted by Gasteiger charge is -2.23. The normalized spacial score (nSPS) is 13.8. The van der Waals surface area contributed by atoms with E-state index in [1.165, 1.54) is 10.6 Å². The molecule has 9 nitrogen and oxygen atoms in total. The van der Waals surface area contributed by atoms with Gasteiger partial charge in [0.15, 0.2) is 11.5 Å². The molecule has 0 unspecified atom stereocenters. The Labute approximate surface area is 236 Å². The summed E-state index contributed by atoms with van der Waals surface area (Å²) in [5.41, 5.74) is 4.51. The van der Waals surface area contributed by atoms with Crippen molar-refractivity contribution in [1.82, 2.24) is 5.32 Å². The second-order valence-corrected chi connectivity index (χ2v) is 11.0. The Morgan fingerprint density at radius 3 is 2.17 bits per heavy atom. The van der Waals surface area contributed by atoms with E-state index in [1.807, 2.05) is 69.3 Å². The minimum atomic E-state index is -3.46. The monoisotopic (exact) mass is 564 g/mol. The lowest BCUT2D eigenvalue weighted by Crippen LogP contribution is -2.36. The minimum Gasteiger partial charge on any atom is -0.490 e. The molecule has 0 saturated carbocycles. The third-order valence-corrected chi connectivity index (χ3v) is 7.50. The zero-order valence-corrected chi connectivity index (χ0v) is 24.1. The molecule has 40 heavy (non-hydrogen) atoms. The quantitative estimate of drug-likeness (QED) is 0.202. The fraction of sp³-hybridized carbons (Fsp3) is 0.300. The van der Waals surface area contributed by atoms with E-state index in [-0.39, 0.29) is 5.91 Å². The molecule has 212 valence electrons. The smallest absolute Gasteiger partial charge is 0.258 e. The Bertz CT molecular complexity index is 1470. The summed E-state index contributed by atoms with van der Waals surface area (Å²) < 4.78 is 37.9. The van der Waals surface area contributed by atoms with Crippen molar-refractivity contribution in [3.05, 3.63) is 77.9 Å². The number of benzene rings is 3. The molecule has 0 aromatic heterocycles. The summed E-state index contributed by atoms with van der Waals surface area (Å²) in [6.07, 6.45) is 1.20. The van der Waals surface area contributed by atoms with E-state index in [4.69, 9.17) is 9.47 Å². The van der Waals surface area contributed by atoms with Gasteiger partial charge in [-0.25, -0.2) is 8.42 Å². The van der Waals surface area contributed by atoms with Gasteiger partial charge in [0.25, 0.3) is 5.91 Å². The van der Waals surface area contributed by atoms with E-state index in [0.29, 0.717) is 71.7 Å². The molecule has 3 aromatic rings. The molecule has 0 radical (unpaired) electrons. The largest absolute Gasteiger partial charge is 0.490 e. The molecular formula is C30H36N4O5S. The highest BCUT2D eigenvalue weighted by atomic mass is 32.2. The van der Waals surface area contributed by atoms with Gasteiger partial charge in [-0.2, -0.15) is 0 Å². The van der Waals surface area contributed by atoms with Gasteiger partial charge >= 0.3 is 0 Å². The summed E-state index contributed by atoms with van der Waals surface area (Å²) in [6, 6.07) is 20.3. The van der Waals surface area contributed by atoms with Gasteiger partial charge in [-0.15, -0.1) is 0 Å². The molecule has 1 aliphatic heterocycles. The number of carbonyl (C=O) groups excluding carboxylic acids is 1. The maximum absolute atomic E-state index is 13.4. The van der Waals surface area contributed by atoms with E-state index < -0.39 is 10.0 Å². The van der Waals surface area contributed by atoms with Crippen LogP contribution in [0.15, 0.2) is 66.7 Å². The summed E-state index contributed by atoms with van der Waals surface area (Å²) in [4.78, 5) is 13.4. The number of likely N-dealkylation sites (N-methyl/N-ethyl adjacent to an activating group) is 1. The Hall–Kier alpha value is -4.02. The molecule has 0 saturated heterocycles. The zero-order valence-electron chi connectivity index (χ0n) is 23.3. The number of nitrogens with zero attached hydrogens (tertiary/aromatic N) is 1. The number of sulfonamides is 1. The van der Waals surface area contributed by atoms with Crippen LogP contribution < -0.4 is 29.7 Å². The van der Waals surface area contributed by atoms with Gasteiger partial charge in [0, 0.05) is 30.4 Å². The third kappa shape index (κ3) is 6.57. The number of hydrogen-bond acceptors (Lipinski definition) is 7. The van der Waals surface area contributed by atoms with Gasteiger partial charge < -0.3 is 25.4 Å². The Morgan fingerprint density at radius 2 is 1.57 bits per heavy atom. The molecule has 0 bridgehead atoms. The van der Waals surface area contributed by atoms with E-state index >= 15 is 0 Å². The fourth-order valence-electron chi connectivity index (χ4n) is 4.55. The third-order valence-electron chi connectivity index (χ3n) is 6.31. The van der Waals surface area contributed by atoms with Crippen LogP contribution in [0.25, 0.3) is 11.3 Å². The first kappa shape index (κ1) is 29.0. The minimum absolute atomic E-state index is 0.249. The van der Waals surface area contributed by atoms with Crippen molar-refractivity contribution in [2.75, 3.05) is 54.0 Å². The summed E-state index contributed by atoms with van der Waals surface area (Å²) in [6.45, 7) is 8.30. The van der Waals surface area contributed by atoms with Gasteiger partial charge in [0.05, 0.1) is 42.1 Å². The van der Waals surface area contributed by atoms with Crippen molar-refractivity contribution in [2.45, 2.75) is 20.8 Å². The Kier molecular flexibility index (Phi) is 9.34. The van der Waals surface area contributed by atoms with Crippen LogP contribution >= 0.6 is 0 Å². The Morgan fingerprint density at radius 1 is 0.925 bits per heavy atom. The number of nitrogens with one attached hydrogen (secondary N) is 3. The van der Waals surface area contributed by atoms with Crippen molar-refractivity contribution >= 4 is 44.3 Å². The van der Waals surface area contributed by atoms with Crippen molar-refractivity contribution < 1.29 is 22.7 Å². The van der Waals surface area contributed by atoms with Gasteiger partial charge in [-0.3, -0.25) is 9.10 Å². The molecule has 0 aliphatic carbocycles. The van der Waals surface area contributed by atoms with Crippen molar-refractivity contribution in [3.63, 3.8) is 0 Å². The van der Waals surface area contributed by atoms with Gasteiger partial charge in [0.2, 0.25) is 10.0 Å². The Balaban J connectivity index is 1.76. The van der Waals surface area contributed by atoms with Gasteiger partial charge in [-0.05, 0) is 56.3 Å². The van der Waals surface area contributed by atoms with Crippen molar-refractivity contribution in [2.24, 2.45) is 0 Å². The lowest BCUT2D eigenvalue weighted by molar-refractivity contribution is -0.110. The first-order chi connectivity index (χ1) is 19.3. The standard InChI is InChI=1S/C30H36N4O5S/c1-5-31-17-18-34(40(4,36)37)23-15-13-22(14-16-23)32-29(21-11-9-8-10-12-21)28-24-19-26(38-6-2)27(39-7-3)20-25(24)33-30(28)35/h8-16,19-20,31-32H,5-7,17-18H2,1-4H3,(H,33,35)/b29-28-. The van der Waals surface area contributed by atoms with Gasteiger partial charge in [-0.1, -0.05) is 37.3 Å². The number of ether oxygens (including phenoxy) is 2. The van der Waals surface area contributed by atoms with Crippen LogP contribution in [0.2, 0.25) is 0 Å². The second kappa shape index (κ2) is 12.9. The highest BCUT2D eigenvalue weighted by Crippen LogP contribution is 2.43. The molecular weight excluding hydrogens is 528 g/mol. The molecule has 0 atom stereocenters.